The van der Waals surface area contributed by atoms with Crippen molar-refractivity contribution in [2.75, 3.05) is 6.26 Å². The van der Waals surface area contributed by atoms with E-state index in [-0.39, 0.29) is 24.5 Å². The molecule has 150 valence electrons. The van der Waals surface area contributed by atoms with Crippen LogP contribution in [0.4, 0.5) is 4.39 Å². The molecule has 0 heterocycles. The minimum Gasteiger partial charge on any atom is -0.390 e. The lowest BCUT2D eigenvalue weighted by Crippen LogP contribution is -2.69. The van der Waals surface area contributed by atoms with Crippen molar-refractivity contribution in [1.82, 2.24) is 0 Å². The summed E-state index contributed by atoms with van der Waals surface area (Å²) in [6, 6.07) is 0. The van der Waals surface area contributed by atoms with E-state index in [0.717, 1.165) is 0 Å². The molecular weight excluding hydrogens is 371 g/mol. The van der Waals surface area contributed by atoms with Crippen LogP contribution in [0.25, 0.3) is 0 Å². The van der Waals surface area contributed by atoms with Crippen molar-refractivity contribution in [2.24, 2.45) is 22.7 Å². The topological polar surface area (TPSA) is 91.7 Å². The lowest BCUT2D eigenvalue weighted by Gasteiger charge is -2.62. The molecule has 27 heavy (non-hydrogen) atoms. The van der Waals surface area contributed by atoms with Gasteiger partial charge in [0.15, 0.2) is 21.3 Å². The van der Waals surface area contributed by atoms with E-state index in [0.29, 0.717) is 18.4 Å². The molecule has 5 nitrogen and oxygen atoms in total. The number of fused-ring (bicyclic) bond motifs is 5. The average molecular weight is 398 g/mol. The van der Waals surface area contributed by atoms with Gasteiger partial charge < -0.3 is 10.2 Å². The third kappa shape index (κ3) is 2.28. The lowest BCUT2D eigenvalue weighted by molar-refractivity contribution is -0.199. The molecule has 0 saturated heterocycles. The van der Waals surface area contributed by atoms with Crippen molar-refractivity contribution in [2.45, 2.75) is 62.7 Å². The van der Waals surface area contributed by atoms with E-state index < -0.39 is 49.7 Å². The number of hydrogen-bond donors (Lipinski definition) is 2. The molecule has 4 aliphatic rings. The zero-order valence-electron chi connectivity index (χ0n) is 15.9. The fourth-order valence-electron chi connectivity index (χ4n) is 6.90. The molecule has 0 spiro atoms. The van der Waals surface area contributed by atoms with Gasteiger partial charge in [0.2, 0.25) is 0 Å². The highest BCUT2D eigenvalue weighted by Crippen LogP contribution is 2.68. The van der Waals surface area contributed by atoms with Crippen LogP contribution in [0.1, 0.15) is 39.5 Å². The first-order valence-electron chi connectivity index (χ1n) is 9.55. The Bertz CT molecular complexity index is 864. The minimum atomic E-state index is -3.34. The Kier molecular flexibility index (Phi) is 3.94. The van der Waals surface area contributed by atoms with Gasteiger partial charge in [0.25, 0.3) is 0 Å². The Balaban J connectivity index is 1.85. The van der Waals surface area contributed by atoms with Crippen LogP contribution in [0.2, 0.25) is 0 Å². The van der Waals surface area contributed by atoms with Gasteiger partial charge in [-0.15, -0.1) is 0 Å². The molecular formula is C20H27FO5S. The number of hydrogen-bond acceptors (Lipinski definition) is 5. The van der Waals surface area contributed by atoms with E-state index in [2.05, 4.69) is 0 Å². The van der Waals surface area contributed by atoms with E-state index in [1.807, 2.05) is 6.92 Å². The number of halogens is 1. The van der Waals surface area contributed by atoms with Crippen LogP contribution in [-0.2, 0) is 14.6 Å². The summed E-state index contributed by atoms with van der Waals surface area (Å²) >= 11 is 0. The number of rotatable bonds is 1. The number of alkyl halides is 1. The number of sulfone groups is 1. The Morgan fingerprint density at radius 2 is 1.85 bits per heavy atom. The van der Waals surface area contributed by atoms with Gasteiger partial charge in [-0.25, -0.2) is 12.8 Å². The number of aliphatic hydroxyl groups is 2. The van der Waals surface area contributed by atoms with Crippen molar-refractivity contribution >= 4 is 15.6 Å². The molecule has 8 atom stereocenters. The molecule has 7 heteroatoms. The number of aliphatic hydroxyl groups excluding tert-OH is 2. The zero-order valence-corrected chi connectivity index (χ0v) is 16.7. The molecule has 0 aromatic heterocycles. The first-order chi connectivity index (χ1) is 12.4. The van der Waals surface area contributed by atoms with Gasteiger partial charge in [-0.3, -0.25) is 4.79 Å². The maximum absolute atomic E-state index is 16.7. The molecule has 3 saturated carbocycles. The predicted octanol–water partition coefficient (Wildman–Crippen LogP) is 1.74. The second-order valence-corrected chi connectivity index (χ2v) is 11.6. The summed E-state index contributed by atoms with van der Waals surface area (Å²) in [5.41, 5.74) is -3.74. The fourth-order valence-corrected chi connectivity index (χ4v) is 8.72. The molecule has 4 rings (SSSR count). The SMILES string of the molecule is C[C@]12C=CC(=O)C=C1[C@H](O)C[C@H]1[C@@H]3CCC(S(C)(=O)=O)[C@@]3(C)C[C@H](O)[C@@]12F. The normalized spacial score (nSPS) is 52.0. The Labute approximate surface area is 159 Å². The van der Waals surface area contributed by atoms with Gasteiger partial charge in [-0.05, 0) is 61.7 Å². The maximum atomic E-state index is 16.7. The summed E-state index contributed by atoms with van der Waals surface area (Å²) < 4.78 is 41.4. The zero-order chi connectivity index (χ0) is 20.0. The summed E-state index contributed by atoms with van der Waals surface area (Å²) in [6.45, 7) is 3.48. The summed E-state index contributed by atoms with van der Waals surface area (Å²) in [5.74, 6) is -1.21. The van der Waals surface area contributed by atoms with Gasteiger partial charge >= 0.3 is 0 Å². The van der Waals surface area contributed by atoms with E-state index in [9.17, 15) is 23.4 Å². The van der Waals surface area contributed by atoms with E-state index >= 15 is 4.39 Å². The minimum absolute atomic E-state index is 0.0587. The molecule has 0 amide bonds. The number of carbonyl (C=O) groups is 1. The third-order valence-corrected chi connectivity index (χ3v) is 9.90. The van der Waals surface area contributed by atoms with Crippen LogP contribution in [0, 0.1) is 22.7 Å². The summed E-state index contributed by atoms with van der Waals surface area (Å²) in [4.78, 5) is 11.8. The van der Waals surface area contributed by atoms with E-state index in [4.69, 9.17) is 0 Å². The highest BCUT2D eigenvalue weighted by atomic mass is 32.2. The van der Waals surface area contributed by atoms with E-state index in [1.54, 1.807) is 6.92 Å². The smallest absolute Gasteiger partial charge is 0.178 e. The van der Waals surface area contributed by atoms with Crippen molar-refractivity contribution < 1.29 is 27.8 Å². The van der Waals surface area contributed by atoms with Gasteiger partial charge in [0.05, 0.1) is 17.5 Å². The summed E-state index contributed by atoms with van der Waals surface area (Å²) in [7, 11) is -3.34. The quantitative estimate of drug-likeness (QED) is 0.702. The monoisotopic (exact) mass is 398 g/mol. The number of allylic oxidation sites excluding steroid dienone is 3. The lowest BCUT2D eigenvalue weighted by atomic mass is 9.45. The van der Waals surface area contributed by atoms with Crippen LogP contribution in [-0.4, -0.2) is 53.8 Å². The van der Waals surface area contributed by atoms with Crippen LogP contribution >= 0.6 is 0 Å². The van der Waals surface area contributed by atoms with Crippen molar-refractivity contribution in [3.63, 3.8) is 0 Å². The maximum Gasteiger partial charge on any atom is 0.178 e. The summed E-state index contributed by atoms with van der Waals surface area (Å²) in [5, 5.41) is 21.1. The third-order valence-electron chi connectivity index (χ3n) is 8.09. The second-order valence-electron chi connectivity index (χ2n) is 9.39. The van der Waals surface area contributed by atoms with Crippen LogP contribution in [0.15, 0.2) is 23.8 Å². The van der Waals surface area contributed by atoms with Gasteiger partial charge in [0, 0.05) is 17.6 Å². The molecule has 0 radical (unpaired) electrons. The van der Waals surface area contributed by atoms with Crippen LogP contribution in [0.3, 0.4) is 0 Å². The van der Waals surface area contributed by atoms with Crippen molar-refractivity contribution in [1.29, 1.82) is 0 Å². The Morgan fingerprint density at radius 1 is 1.19 bits per heavy atom. The Hall–Kier alpha value is -1.05. The van der Waals surface area contributed by atoms with Crippen LogP contribution in [0.5, 0.6) is 0 Å². The van der Waals surface area contributed by atoms with Gasteiger partial charge in [-0.1, -0.05) is 13.0 Å². The average Bonchev–Trinajstić information content (AvgIpc) is 2.89. The fraction of sp³-hybridized carbons (Fsp3) is 0.750. The first kappa shape index (κ1) is 19.3. The largest absolute Gasteiger partial charge is 0.390 e. The first-order valence-corrected chi connectivity index (χ1v) is 11.5. The molecule has 2 N–H and O–H groups in total. The molecule has 0 aromatic carbocycles. The highest BCUT2D eigenvalue weighted by molar-refractivity contribution is 7.91. The molecule has 0 aromatic rings. The van der Waals surface area contributed by atoms with Crippen LogP contribution < -0.4 is 0 Å². The van der Waals surface area contributed by atoms with Gasteiger partial charge in [-0.2, -0.15) is 0 Å². The van der Waals surface area contributed by atoms with Crippen molar-refractivity contribution in [3.8, 4) is 0 Å². The van der Waals surface area contributed by atoms with Gasteiger partial charge in [0.1, 0.15) is 0 Å². The molecule has 3 fully saturated rings. The molecule has 0 bridgehead atoms. The Morgan fingerprint density at radius 3 is 2.48 bits per heavy atom. The predicted molar refractivity (Wildman–Crippen MR) is 98.4 cm³/mol. The number of carbonyl (C=O) groups excluding carboxylic acids is 1. The summed E-state index contributed by atoms with van der Waals surface area (Å²) in [6.07, 6.45) is 4.08. The highest BCUT2D eigenvalue weighted by Gasteiger charge is 2.72. The van der Waals surface area contributed by atoms with Crippen molar-refractivity contribution in [3.05, 3.63) is 23.8 Å². The standard InChI is InChI=1S/C20H27FO5S/c1-18-10-16(24)20(21)13(12(18)4-5-17(18)27(3,25)26)9-15(23)14-8-11(22)6-7-19(14,20)2/h6-8,12-13,15-17,23-24H,4-5,9-10H2,1-3H3/t12-,13-,15+,16-,17?,18-,19-,20-/m0/s1. The molecule has 0 aliphatic heterocycles. The van der Waals surface area contributed by atoms with E-state index in [1.165, 1.54) is 24.5 Å². The number of ketones is 1. The second kappa shape index (κ2) is 5.51. The molecule has 4 aliphatic carbocycles. The molecule has 1 unspecified atom stereocenters.